The molecule has 0 aliphatic carbocycles. The highest BCUT2D eigenvalue weighted by atomic mass is 16.5. The van der Waals surface area contributed by atoms with E-state index in [9.17, 15) is 14.7 Å². The summed E-state index contributed by atoms with van der Waals surface area (Å²) in [5.74, 6) is -0.134. The van der Waals surface area contributed by atoms with Crippen molar-refractivity contribution in [2.75, 3.05) is 13.7 Å². The zero-order valence-corrected chi connectivity index (χ0v) is 20.4. The van der Waals surface area contributed by atoms with Crippen LogP contribution in [0.15, 0.2) is 72.3 Å². The number of hydrogen-bond acceptors (Lipinski definition) is 5. The largest absolute Gasteiger partial charge is 0.507 e. The number of aliphatic hydroxyl groups is 1. The van der Waals surface area contributed by atoms with E-state index in [0.717, 1.165) is 22.4 Å². The minimum atomic E-state index is -0.742. The van der Waals surface area contributed by atoms with Gasteiger partial charge in [0.1, 0.15) is 17.3 Å². The summed E-state index contributed by atoms with van der Waals surface area (Å²) >= 11 is 0. The third-order valence-electron chi connectivity index (χ3n) is 6.34. The van der Waals surface area contributed by atoms with E-state index in [-0.39, 0.29) is 17.9 Å². The maximum Gasteiger partial charge on any atom is 0.295 e. The molecule has 6 nitrogen and oxygen atoms in total. The fraction of sp³-hybridized carbons (Fsp3) is 0.241. The van der Waals surface area contributed by atoms with Crippen LogP contribution in [0.2, 0.25) is 0 Å². The summed E-state index contributed by atoms with van der Waals surface area (Å²) in [4.78, 5) is 28.0. The highest BCUT2D eigenvalue weighted by molar-refractivity contribution is 6.46. The average molecular weight is 472 g/mol. The van der Waals surface area contributed by atoms with Crippen LogP contribution in [0.3, 0.4) is 0 Å². The summed E-state index contributed by atoms with van der Waals surface area (Å²) in [7, 11) is 1.58. The van der Waals surface area contributed by atoms with Gasteiger partial charge >= 0.3 is 0 Å². The number of hydrogen-bond donors (Lipinski definition) is 1. The van der Waals surface area contributed by atoms with E-state index in [1.54, 1.807) is 25.3 Å². The van der Waals surface area contributed by atoms with E-state index in [1.165, 1.54) is 4.90 Å². The van der Waals surface area contributed by atoms with Crippen molar-refractivity contribution < 1.29 is 24.2 Å². The molecule has 3 aromatic rings. The first-order chi connectivity index (χ1) is 16.8. The fourth-order valence-corrected chi connectivity index (χ4v) is 4.27. The van der Waals surface area contributed by atoms with E-state index < -0.39 is 17.7 Å². The maximum atomic E-state index is 13.3. The average Bonchev–Trinajstić information content (AvgIpc) is 3.11. The van der Waals surface area contributed by atoms with Gasteiger partial charge in [0.15, 0.2) is 0 Å². The zero-order chi connectivity index (χ0) is 25.1. The Balaban J connectivity index is 1.80. The van der Waals surface area contributed by atoms with Crippen molar-refractivity contribution in [1.29, 1.82) is 0 Å². The minimum absolute atomic E-state index is 0.0781. The van der Waals surface area contributed by atoms with Crippen LogP contribution in [0.1, 0.15) is 40.8 Å². The maximum absolute atomic E-state index is 13.3. The number of likely N-dealkylation sites (tertiary alicyclic amines) is 1. The van der Waals surface area contributed by atoms with Gasteiger partial charge in [-0.3, -0.25) is 9.59 Å². The topological polar surface area (TPSA) is 76.1 Å². The molecule has 1 aliphatic heterocycles. The Bertz CT molecular complexity index is 1280. The molecule has 1 unspecified atom stereocenters. The van der Waals surface area contributed by atoms with Crippen LogP contribution >= 0.6 is 0 Å². The number of ether oxygens (including phenoxy) is 2. The number of carbonyl (C=O) groups excluding carboxylic acids is 2. The molecular formula is C29H29NO5. The van der Waals surface area contributed by atoms with E-state index in [2.05, 4.69) is 0 Å². The van der Waals surface area contributed by atoms with E-state index in [1.807, 2.05) is 69.3 Å². The number of methoxy groups -OCH3 is 1. The number of Topliss-reactive ketones (excluding diaryl/α,β-unsaturated/α-hetero) is 1. The van der Waals surface area contributed by atoms with Crippen molar-refractivity contribution >= 4 is 17.4 Å². The summed E-state index contributed by atoms with van der Waals surface area (Å²) in [5.41, 5.74) is 4.20. The van der Waals surface area contributed by atoms with Gasteiger partial charge in [0, 0.05) is 12.1 Å². The van der Waals surface area contributed by atoms with Crippen molar-refractivity contribution in [2.24, 2.45) is 0 Å². The number of aliphatic hydroxyl groups excluding tert-OH is 1. The monoisotopic (exact) mass is 471 g/mol. The molecule has 1 amide bonds. The number of amides is 1. The molecule has 6 heteroatoms. The van der Waals surface area contributed by atoms with E-state index in [4.69, 9.17) is 9.47 Å². The number of benzene rings is 3. The van der Waals surface area contributed by atoms with Crippen molar-refractivity contribution in [3.05, 3.63) is 100 Å². The summed E-state index contributed by atoms with van der Waals surface area (Å²) in [6, 6.07) is 19.4. The molecule has 4 rings (SSSR count). The first-order valence-electron chi connectivity index (χ1n) is 11.6. The van der Waals surface area contributed by atoms with Crippen molar-refractivity contribution in [2.45, 2.75) is 33.4 Å². The van der Waals surface area contributed by atoms with Crippen LogP contribution in [0, 0.1) is 13.8 Å². The normalized spacial score (nSPS) is 17.0. The molecule has 1 heterocycles. The molecule has 35 heavy (non-hydrogen) atoms. The Labute approximate surface area is 205 Å². The lowest BCUT2D eigenvalue weighted by Gasteiger charge is -2.25. The number of rotatable bonds is 7. The lowest BCUT2D eigenvalue weighted by atomic mass is 9.94. The Morgan fingerprint density at radius 1 is 0.914 bits per heavy atom. The summed E-state index contributed by atoms with van der Waals surface area (Å²) in [6.07, 6.45) is 0. The lowest BCUT2D eigenvalue weighted by Crippen LogP contribution is -2.29. The molecule has 1 fully saturated rings. The van der Waals surface area contributed by atoms with Crippen LogP contribution < -0.4 is 9.47 Å². The van der Waals surface area contributed by atoms with Crippen molar-refractivity contribution in [1.82, 2.24) is 4.90 Å². The second kappa shape index (κ2) is 10.1. The predicted octanol–water partition coefficient (Wildman–Crippen LogP) is 5.33. The molecular weight excluding hydrogens is 442 g/mol. The van der Waals surface area contributed by atoms with E-state index >= 15 is 0 Å². The molecule has 0 aromatic heterocycles. The second-order valence-electron chi connectivity index (χ2n) is 8.58. The Morgan fingerprint density at radius 2 is 1.57 bits per heavy atom. The standard InChI is InChI=1S/C29H29NO5/c1-5-35-24-12-7-20(8-13-24)17-30-26(21-10-14-23(34-4)15-11-21)25(28(32)29(30)33)27(31)22-9-6-18(2)19(3)16-22/h6-16,26,31H,5,17H2,1-4H3/b27-25-. The molecule has 0 saturated carbocycles. The van der Waals surface area contributed by atoms with Gasteiger partial charge in [-0.2, -0.15) is 0 Å². The molecule has 0 radical (unpaired) electrons. The molecule has 0 bridgehead atoms. The van der Waals surface area contributed by atoms with Crippen LogP contribution in [0.25, 0.3) is 5.76 Å². The summed E-state index contributed by atoms with van der Waals surface area (Å²) in [5, 5.41) is 11.3. The smallest absolute Gasteiger partial charge is 0.295 e. The van der Waals surface area contributed by atoms with E-state index in [0.29, 0.717) is 23.5 Å². The van der Waals surface area contributed by atoms with Gasteiger partial charge in [-0.1, -0.05) is 36.4 Å². The van der Waals surface area contributed by atoms with Crippen LogP contribution in [0.4, 0.5) is 0 Å². The molecule has 1 atom stereocenters. The molecule has 1 aliphatic rings. The molecule has 0 spiro atoms. The number of ketones is 1. The van der Waals surface area contributed by atoms with Gasteiger partial charge in [0.2, 0.25) is 0 Å². The summed E-state index contributed by atoms with van der Waals surface area (Å²) < 4.78 is 10.8. The molecule has 1 N–H and O–H groups in total. The predicted molar refractivity (Wildman–Crippen MR) is 134 cm³/mol. The third-order valence-corrected chi connectivity index (χ3v) is 6.34. The fourth-order valence-electron chi connectivity index (χ4n) is 4.27. The first kappa shape index (κ1) is 24.1. The van der Waals surface area contributed by atoms with Crippen LogP contribution in [0.5, 0.6) is 11.5 Å². The van der Waals surface area contributed by atoms with Gasteiger partial charge < -0.3 is 19.5 Å². The molecule has 3 aromatic carbocycles. The Kier molecular flexibility index (Phi) is 6.92. The highest BCUT2D eigenvalue weighted by Gasteiger charge is 2.46. The molecule has 1 saturated heterocycles. The lowest BCUT2D eigenvalue weighted by molar-refractivity contribution is -0.140. The van der Waals surface area contributed by atoms with Gasteiger partial charge in [-0.05, 0) is 73.4 Å². The minimum Gasteiger partial charge on any atom is -0.507 e. The number of aryl methyl sites for hydroxylation is 2. The Hall–Kier alpha value is -4.06. The number of carbonyl (C=O) groups is 2. The van der Waals surface area contributed by atoms with Gasteiger partial charge in [-0.15, -0.1) is 0 Å². The quantitative estimate of drug-likeness (QED) is 0.286. The Morgan fingerprint density at radius 3 is 2.17 bits per heavy atom. The van der Waals surface area contributed by atoms with Gasteiger partial charge in [0.25, 0.3) is 11.7 Å². The van der Waals surface area contributed by atoms with Crippen LogP contribution in [-0.2, 0) is 16.1 Å². The first-order valence-corrected chi connectivity index (χ1v) is 11.6. The molecule has 180 valence electrons. The van der Waals surface area contributed by atoms with Crippen molar-refractivity contribution in [3.63, 3.8) is 0 Å². The zero-order valence-electron chi connectivity index (χ0n) is 20.4. The van der Waals surface area contributed by atoms with Crippen LogP contribution in [-0.4, -0.2) is 35.4 Å². The number of nitrogens with zero attached hydrogens (tertiary/aromatic N) is 1. The van der Waals surface area contributed by atoms with Gasteiger partial charge in [0.05, 0.1) is 25.3 Å². The van der Waals surface area contributed by atoms with Gasteiger partial charge in [-0.25, -0.2) is 0 Å². The third kappa shape index (κ3) is 4.78. The second-order valence-corrected chi connectivity index (χ2v) is 8.58. The van der Waals surface area contributed by atoms with Crippen molar-refractivity contribution in [3.8, 4) is 11.5 Å². The summed E-state index contributed by atoms with van der Waals surface area (Å²) in [6.45, 7) is 6.60. The highest BCUT2D eigenvalue weighted by Crippen LogP contribution is 2.41. The SMILES string of the molecule is CCOc1ccc(CN2C(=O)C(=O)/C(=C(\O)c3ccc(C)c(C)c3)C2c2ccc(OC)cc2)cc1.